The smallest absolute Gasteiger partial charge is 0.343 e. The zero-order valence-corrected chi connectivity index (χ0v) is 19.3. The molecule has 31 heavy (non-hydrogen) atoms. The van der Waals surface area contributed by atoms with Gasteiger partial charge in [0.2, 0.25) is 0 Å². The second-order valence-electron chi connectivity index (χ2n) is 9.33. The second kappa shape index (κ2) is 8.74. The molecule has 5 heteroatoms. The van der Waals surface area contributed by atoms with Crippen LogP contribution in [0.2, 0.25) is 0 Å². The van der Waals surface area contributed by atoms with E-state index in [0.29, 0.717) is 29.9 Å². The summed E-state index contributed by atoms with van der Waals surface area (Å²) in [6.45, 7) is 12.9. The van der Waals surface area contributed by atoms with Gasteiger partial charge in [-0.3, -0.25) is 0 Å². The standard InChI is InChI=1S/C26H32O5/c1-7-13-29-23(27)18-9-11-19(12-10-18)30-24(28)20-15-21-22(14-17(20)8-2)31-26(5,6)16-25(21,3)4/h9-12,14-15H,7-8,13,16H2,1-6H3. The lowest BCUT2D eigenvalue weighted by Crippen LogP contribution is -2.41. The number of aryl methyl sites for hydroxylation is 1. The Hall–Kier alpha value is -2.82. The number of hydrogen-bond donors (Lipinski definition) is 0. The maximum absolute atomic E-state index is 13.0. The molecule has 0 fully saturated rings. The lowest BCUT2D eigenvalue weighted by atomic mass is 9.73. The normalized spacial score (nSPS) is 16.1. The van der Waals surface area contributed by atoms with Gasteiger partial charge in [0.15, 0.2) is 0 Å². The summed E-state index contributed by atoms with van der Waals surface area (Å²) < 4.78 is 17.0. The fourth-order valence-electron chi connectivity index (χ4n) is 4.31. The van der Waals surface area contributed by atoms with Crippen LogP contribution in [-0.2, 0) is 16.6 Å². The van der Waals surface area contributed by atoms with Crippen molar-refractivity contribution in [1.82, 2.24) is 0 Å². The van der Waals surface area contributed by atoms with Crippen LogP contribution >= 0.6 is 0 Å². The van der Waals surface area contributed by atoms with Crippen LogP contribution in [0.1, 0.15) is 86.2 Å². The largest absolute Gasteiger partial charge is 0.488 e. The van der Waals surface area contributed by atoms with E-state index < -0.39 is 5.97 Å². The molecule has 0 saturated heterocycles. The van der Waals surface area contributed by atoms with Crippen molar-refractivity contribution in [2.45, 2.75) is 71.8 Å². The lowest BCUT2D eigenvalue weighted by molar-refractivity contribution is 0.0503. The zero-order valence-electron chi connectivity index (χ0n) is 19.3. The van der Waals surface area contributed by atoms with Gasteiger partial charge in [-0.05, 0) is 80.5 Å². The molecule has 3 rings (SSSR count). The number of esters is 2. The highest BCUT2D eigenvalue weighted by atomic mass is 16.5. The van der Waals surface area contributed by atoms with Gasteiger partial charge in [0, 0.05) is 5.56 Å². The van der Waals surface area contributed by atoms with E-state index in [1.165, 1.54) is 0 Å². The monoisotopic (exact) mass is 424 g/mol. The Bertz CT molecular complexity index is 970. The first kappa shape index (κ1) is 22.9. The minimum atomic E-state index is -0.415. The highest BCUT2D eigenvalue weighted by molar-refractivity contribution is 5.94. The molecule has 0 bridgehead atoms. The molecular formula is C26H32O5. The third-order valence-corrected chi connectivity index (χ3v) is 5.53. The minimum Gasteiger partial charge on any atom is -0.488 e. The first-order chi connectivity index (χ1) is 14.6. The summed E-state index contributed by atoms with van der Waals surface area (Å²) in [5.41, 5.74) is 2.49. The molecule has 0 amide bonds. The van der Waals surface area contributed by atoms with E-state index in [1.807, 2.05) is 26.0 Å². The molecule has 0 radical (unpaired) electrons. The molecule has 0 unspecified atom stereocenters. The quantitative estimate of drug-likeness (QED) is 0.428. The molecule has 1 aliphatic rings. The summed E-state index contributed by atoms with van der Waals surface area (Å²) in [5, 5.41) is 0. The Balaban J connectivity index is 1.84. The van der Waals surface area contributed by atoms with Crippen molar-refractivity contribution in [2.24, 2.45) is 0 Å². The van der Waals surface area contributed by atoms with Crippen LogP contribution in [0.25, 0.3) is 0 Å². The van der Waals surface area contributed by atoms with Gasteiger partial charge >= 0.3 is 11.9 Å². The molecule has 5 nitrogen and oxygen atoms in total. The van der Waals surface area contributed by atoms with E-state index in [1.54, 1.807) is 24.3 Å². The van der Waals surface area contributed by atoms with Gasteiger partial charge in [-0.1, -0.05) is 27.7 Å². The average Bonchev–Trinajstić information content (AvgIpc) is 2.70. The first-order valence-corrected chi connectivity index (χ1v) is 10.9. The first-order valence-electron chi connectivity index (χ1n) is 10.9. The van der Waals surface area contributed by atoms with E-state index in [9.17, 15) is 9.59 Å². The molecule has 2 aromatic carbocycles. The Morgan fingerprint density at radius 3 is 2.29 bits per heavy atom. The molecule has 0 aliphatic carbocycles. The fourth-order valence-corrected chi connectivity index (χ4v) is 4.31. The average molecular weight is 425 g/mol. The van der Waals surface area contributed by atoms with E-state index in [0.717, 1.165) is 29.7 Å². The van der Waals surface area contributed by atoms with E-state index in [4.69, 9.17) is 14.2 Å². The van der Waals surface area contributed by atoms with Crippen molar-refractivity contribution in [3.05, 3.63) is 58.7 Å². The maximum atomic E-state index is 13.0. The van der Waals surface area contributed by atoms with Crippen molar-refractivity contribution in [3.63, 3.8) is 0 Å². The van der Waals surface area contributed by atoms with E-state index in [2.05, 4.69) is 27.7 Å². The second-order valence-corrected chi connectivity index (χ2v) is 9.33. The topological polar surface area (TPSA) is 61.8 Å². The SMILES string of the molecule is CCCOC(=O)c1ccc(OC(=O)c2cc3c(cc2CC)OC(C)(C)CC3(C)C)cc1. The van der Waals surface area contributed by atoms with Crippen LogP contribution in [0.15, 0.2) is 36.4 Å². The van der Waals surface area contributed by atoms with Gasteiger partial charge in [0.05, 0.1) is 17.7 Å². The Morgan fingerprint density at radius 2 is 1.68 bits per heavy atom. The van der Waals surface area contributed by atoms with Crippen LogP contribution in [0.5, 0.6) is 11.5 Å². The van der Waals surface area contributed by atoms with E-state index >= 15 is 0 Å². The molecule has 0 spiro atoms. The number of fused-ring (bicyclic) bond motifs is 1. The molecule has 0 aromatic heterocycles. The number of benzene rings is 2. The van der Waals surface area contributed by atoms with Gasteiger partial charge in [0.1, 0.15) is 17.1 Å². The van der Waals surface area contributed by atoms with Crippen molar-refractivity contribution in [2.75, 3.05) is 6.61 Å². The third kappa shape index (κ3) is 5.09. The molecule has 0 N–H and O–H groups in total. The van der Waals surface area contributed by atoms with Gasteiger partial charge in [-0.2, -0.15) is 0 Å². The zero-order chi connectivity index (χ0) is 22.8. The third-order valence-electron chi connectivity index (χ3n) is 5.53. The summed E-state index contributed by atoms with van der Waals surface area (Å²) >= 11 is 0. The van der Waals surface area contributed by atoms with Crippen molar-refractivity contribution in [3.8, 4) is 11.5 Å². The highest BCUT2D eigenvalue weighted by Crippen LogP contribution is 2.45. The molecule has 2 aromatic rings. The van der Waals surface area contributed by atoms with Gasteiger partial charge in [0.25, 0.3) is 0 Å². The lowest BCUT2D eigenvalue weighted by Gasteiger charge is -2.42. The molecular weight excluding hydrogens is 392 g/mol. The number of carbonyl (C=O) groups is 2. The van der Waals surface area contributed by atoms with E-state index in [-0.39, 0.29) is 17.0 Å². The summed E-state index contributed by atoms with van der Waals surface area (Å²) in [7, 11) is 0. The fraction of sp³-hybridized carbons (Fsp3) is 0.462. The summed E-state index contributed by atoms with van der Waals surface area (Å²) in [4.78, 5) is 25.0. The van der Waals surface area contributed by atoms with Crippen LogP contribution in [-0.4, -0.2) is 24.1 Å². The predicted octanol–water partition coefficient (Wildman–Crippen LogP) is 5.87. The molecule has 1 aliphatic heterocycles. The molecule has 166 valence electrons. The summed E-state index contributed by atoms with van der Waals surface area (Å²) in [6, 6.07) is 10.3. The predicted molar refractivity (Wildman–Crippen MR) is 120 cm³/mol. The molecule has 0 saturated carbocycles. The van der Waals surface area contributed by atoms with Crippen LogP contribution in [0.3, 0.4) is 0 Å². The summed E-state index contributed by atoms with van der Waals surface area (Å²) in [5.74, 6) is 0.424. The highest BCUT2D eigenvalue weighted by Gasteiger charge is 2.39. The molecule has 1 heterocycles. The number of ether oxygens (including phenoxy) is 3. The number of rotatable bonds is 6. The van der Waals surface area contributed by atoms with Crippen molar-refractivity contribution >= 4 is 11.9 Å². The Morgan fingerprint density at radius 1 is 1.00 bits per heavy atom. The van der Waals surface area contributed by atoms with Crippen LogP contribution in [0.4, 0.5) is 0 Å². The minimum absolute atomic E-state index is 0.126. The number of hydrogen-bond acceptors (Lipinski definition) is 5. The van der Waals surface area contributed by atoms with Crippen molar-refractivity contribution in [1.29, 1.82) is 0 Å². The van der Waals surface area contributed by atoms with Gasteiger partial charge < -0.3 is 14.2 Å². The van der Waals surface area contributed by atoms with Crippen LogP contribution in [0, 0.1) is 0 Å². The summed E-state index contributed by atoms with van der Waals surface area (Å²) in [6.07, 6.45) is 2.30. The Labute approximate surface area is 184 Å². The maximum Gasteiger partial charge on any atom is 0.343 e. The number of carbonyl (C=O) groups excluding carboxylic acids is 2. The Kier molecular flexibility index (Phi) is 6.44. The van der Waals surface area contributed by atoms with Gasteiger partial charge in [-0.25, -0.2) is 9.59 Å². The van der Waals surface area contributed by atoms with Crippen LogP contribution < -0.4 is 9.47 Å². The van der Waals surface area contributed by atoms with Crippen molar-refractivity contribution < 1.29 is 23.8 Å². The molecule has 0 atom stereocenters. The van der Waals surface area contributed by atoms with Gasteiger partial charge in [-0.15, -0.1) is 0 Å².